The van der Waals surface area contributed by atoms with Crippen LogP contribution in [0.3, 0.4) is 0 Å². The molecule has 0 fully saturated rings. The van der Waals surface area contributed by atoms with E-state index < -0.39 is 0 Å². The zero-order valence-electron chi connectivity index (χ0n) is 15.7. The molecule has 0 aliphatic heterocycles. The highest BCUT2D eigenvalue weighted by atomic mass is 15.1. The third-order valence-corrected chi connectivity index (χ3v) is 4.36. The summed E-state index contributed by atoms with van der Waals surface area (Å²) in [6.45, 7) is 4.46. The molecule has 0 aliphatic rings. The van der Waals surface area contributed by atoms with Crippen LogP contribution in [0.1, 0.15) is 81.3 Å². The lowest BCUT2D eigenvalue weighted by Gasteiger charge is -2.00. The first-order valence-corrected chi connectivity index (χ1v) is 9.75. The highest BCUT2D eigenvalue weighted by Gasteiger charge is 1.97. The van der Waals surface area contributed by atoms with Gasteiger partial charge in [0, 0.05) is 5.56 Å². The SMILES string of the molecule is CCCCCCCc1ccc(C#Cc2ccc(CCCC)cc2)nn1. The largest absolute Gasteiger partial charge is 0.154 e. The van der Waals surface area contributed by atoms with Crippen LogP contribution < -0.4 is 0 Å². The minimum atomic E-state index is 0.741. The van der Waals surface area contributed by atoms with Crippen molar-refractivity contribution >= 4 is 0 Å². The molecule has 1 aromatic carbocycles. The van der Waals surface area contributed by atoms with Crippen molar-refractivity contribution in [1.82, 2.24) is 10.2 Å². The van der Waals surface area contributed by atoms with E-state index in [9.17, 15) is 0 Å². The summed E-state index contributed by atoms with van der Waals surface area (Å²) in [6, 6.07) is 12.6. The van der Waals surface area contributed by atoms with E-state index in [0.29, 0.717) is 0 Å². The number of aryl methyl sites for hydroxylation is 2. The summed E-state index contributed by atoms with van der Waals surface area (Å²) in [5, 5.41) is 8.55. The summed E-state index contributed by atoms with van der Waals surface area (Å²) in [5.74, 6) is 6.29. The number of nitrogens with zero attached hydrogens (tertiary/aromatic N) is 2. The minimum absolute atomic E-state index is 0.741. The maximum absolute atomic E-state index is 4.30. The van der Waals surface area contributed by atoms with Gasteiger partial charge in [0.05, 0.1) is 5.69 Å². The van der Waals surface area contributed by atoms with Crippen molar-refractivity contribution in [2.45, 2.75) is 71.6 Å². The summed E-state index contributed by atoms with van der Waals surface area (Å²) >= 11 is 0. The second-order valence-corrected chi connectivity index (χ2v) is 6.62. The van der Waals surface area contributed by atoms with Crippen molar-refractivity contribution in [3.8, 4) is 11.8 Å². The lowest BCUT2D eigenvalue weighted by molar-refractivity contribution is 0.625. The highest BCUT2D eigenvalue weighted by molar-refractivity contribution is 5.40. The van der Waals surface area contributed by atoms with Crippen LogP contribution in [0.25, 0.3) is 0 Å². The summed E-state index contributed by atoms with van der Waals surface area (Å²) in [4.78, 5) is 0. The Morgan fingerprint density at radius 3 is 2.12 bits per heavy atom. The average molecular weight is 335 g/mol. The van der Waals surface area contributed by atoms with Gasteiger partial charge in [-0.25, -0.2) is 0 Å². The molecule has 0 saturated carbocycles. The highest BCUT2D eigenvalue weighted by Crippen LogP contribution is 2.08. The first kappa shape index (κ1) is 19.2. The Balaban J connectivity index is 1.83. The Kier molecular flexibility index (Phi) is 8.77. The van der Waals surface area contributed by atoms with E-state index in [2.05, 4.69) is 66.2 Å². The van der Waals surface area contributed by atoms with Gasteiger partial charge >= 0.3 is 0 Å². The van der Waals surface area contributed by atoms with E-state index >= 15 is 0 Å². The molecule has 1 heterocycles. The van der Waals surface area contributed by atoms with Gasteiger partial charge in [-0.15, -0.1) is 5.10 Å². The first-order valence-electron chi connectivity index (χ1n) is 9.75. The van der Waals surface area contributed by atoms with E-state index in [1.165, 1.54) is 50.5 Å². The fourth-order valence-corrected chi connectivity index (χ4v) is 2.74. The predicted octanol–water partition coefficient (Wildman–Crippen LogP) is 5.73. The van der Waals surface area contributed by atoms with E-state index in [0.717, 1.165) is 29.8 Å². The molecule has 0 amide bonds. The van der Waals surface area contributed by atoms with Gasteiger partial charge in [0.1, 0.15) is 5.69 Å². The molecule has 0 unspecified atom stereocenters. The molecule has 1 aromatic heterocycles. The average Bonchev–Trinajstić information content (AvgIpc) is 2.66. The molecule has 0 bridgehead atoms. The molecule has 2 rings (SSSR count). The van der Waals surface area contributed by atoms with Gasteiger partial charge in [0.2, 0.25) is 0 Å². The summed E-state index contributed by atoms with van der Waals surface area (Å²) in [5.41, 5.74) is 4.23. The van der Waals surface area contributed by atoms with E-state index in [1.54, 1.807) is 0 Å². The first-order chi connectivity index (χ1) is 12.3. The zero-order valence-corrected chi connectivity index (χ0v) is 15.7. The number of unbranched alkanes of at least 4 members (excludes halogenated alkanes) is 5. The maximum Gasteiger partial charge on any atom is 0.136 e. The van der Waals surface area contributed by atoms with Crippen molar-refractivity contribution in [3.05, 3.63) is 58.9 Å². The van der Waals surface area contributed by atoms with Gasteiger partial charge in [0.15, 0.2) is 0 Å². The van der Waals surface area contributed by atoms with Crippen molar-refractivity contribution in [1.29, 1.82) is 0 Å². The Morgan fingerprint density at radius 2 is 1.44 bits per heavy atom. The van der Waals surface area contributed by atoms with Crippen LogP contribution in [-0.4, -0.2) is 10.2 Å². The molecule has 0 aliphatic carbocycles. The van der Waals surface area contributed by atoms with E-state index in [-0.39, 0.29) is 0 Å². The van der Waals surface area contributed by atoms with Gasteiger partial charge < -0.3 is 0 Å². The molecule has 0 radical (unpaired) electrons. The smallest absolute Gasteiger partial charge is 0.136 e. The maximum atomic E-state index is 4.30. The Labute approximate surface area is 153 Å². The molecule has 2 heteroatoms. The fourth-order valence-electron chi connectivity index (χ4n) is 2.74. The third kappa shape index (κ3) is 7.52. The van der Waals surface area contributed by atoms with Crippen LogP contribution in [0.5, 0.6) is 0 Å². The lowest BCUT2D eigenvalue weighted by atomic mass is 10.1. The second kappa shape index (κ2) is 11.4. The van der Waals surface area contributed by atoms with Crippen LogP contribution >= 0.6 is 0 Å². The molecule has 0 saturated heterocycles. The summed E-state index contributed by atoms with van der Waals surface area (Å²) in [6.07, 6.45) is 11.1. The molecule has 25 heavy (non-hydrogen) atoms. The molecule has 132 valence electrons. The molecule has 0 spiro atoms. The number of benzene rings is 1. The van der Waals surface area contributed by atoms with Crippen molar-refractivity contribution in [2.24, 2.45) is 0 Å². The molecule has 0 N–H and O–H groups in total. The molecular formula is C23H30N2. The Morgan fingerprint density at radius 1 is 0.680 bits per heavy atom. The quantitative estimate of drug-likeness (QED) is 0.432. The molecule has 2 aromatic rings. The molecule has 0 atom stereocenters. The molecular weight excluding hydrogens is 304 g/mol. The molecule has 2 nitrogen and oxygen atoms in total. The van der Waals surface area contributed by atoms with Gasteiger partial charge in [0.25, 0.3) is 0 Å². The van der Waals surface area contributed by atoms with Crippen LogP contribution in [0.4, 0.5) is 0 Å². The Hall–Kier alpha value is -2.14. The summed E-state index contributed by atoms with van der Waals surface area (Å²) < 4.78 is 0. The number of aromatic nitrogens is 2. The standard InChI is InChI=1S/C23H30N2/c1-3-5-7-8-9-11-22-18-19-23(25-24-22)17-16-21-14-12-20(13-15-21)10-6-4-2/h12-15,18-19H,3-11H2,1-2H3. The van der Waals surface area contributed by atoms with E-state index in [4.69, 9.17) is 0 Å². The lowest BCUT2D eigenvalue weighted by Crippen LogP contribution is -1.95. The topological polar surface area (TPSA) is 25.8 Å². The van der Waals surface area contributed by atoms with Crippen molar-refractivity contribution in [2.75, 3.05) is 0 Å². The van der Waals surface area contributed by atoms with Crippen LogP contribution in [0.15, 0.2) is 36.4 Å². The van der Waals surface area contributed by atoms with Crippen LogP contribution in [0.2, 0.25) is 0 Å². The monoisotopic (exact) mass is 334 g/mol. The Bertz CT molecular complexity index is 660. The minimum Gasteiger partial charge on any atom is -0.154 e. The van der Waals surface area contributed by atoms with Crippen LogP contribution in [-0.2, 0) is 12.8 Å². The van der Waals surface area contributed by atoms with Crippen molar-refractivity contribution < 1.29 is 0 Å². The third-order valence-electron chi connectivity index (χ3n) is 4.36. The second-order valence-electron chi connectivity index (χ2n) is 6.62. The number of rotatable bonds is 9. The van der Waals surface area contributed by atoms with Gasteiger partial charge in [-0.1, -0.05) is 64.0 Å². The van der Waals surface area contributed by atoms with Gasteiger partial charge in [-0.3, -0.25) is 0 Å². The van der Waals surface area contributed by atoms with Crippen LogP contribution in [0, 0.1) is 11.8 Å². The number of hydrogen-bond donors (Lipinski definition) is 0. The van der Waals surface area contributed by atoms with Gasteiger partial charge in [-0.05, 0) is 61.4 Å². The summed E-state index contributed by atoms with van der Waals surface area (Å²) in [7, 11) is 0. The van der Waals surface area contributed by atoms with Crippen molar-refractivity contribution in [3.63, 3.8) is 0 Å². The zero-order chi connectivity index (χ0) is 17.7. The number of hydrogen-bond acceptors (Lipinski definition) is 2. The normalized spacial score (nSPS) is 10.3. The predicted molar refractivity (Wildman–Crippen MR) is 106 cm³/mol. The van der Waals surface area contributed by atoms with Gasteiger partial charge in [-0.2, -0.15) is 5.10 Å². The fraction of sp³-hybridized carbons (Fsp3) is 0.478. The van der Waals surface area contributed by atoms with E-state index in [1.807, 2.05) is 6.07 Å².